The Balaban J connectivity index is 0. The number of halogens is 25. The van der Waals surface area contributed by atoms with Crippen LogP contribution in [-0.2, 0) is 0 Å². The Hall–Kier alpha value is 13.5. The fourth-order valence-electron chi connectivity index (χ4n) is 0. The van der Waals surface area contributed by atoms with E-state index in [4.69, 9.17) is 0 Å². The van der Waals surface area contributed by atoms with Crippen molar-refractivity contribution >= 4 is 499 Å². The first-order valence-corrected chi connectivity index (χ1v) is 0. The van der Waals surface area contributed by atoms with Crippen LogP contribution in [0.4, 0.5) is 0 Å². The van der Waals surface area contributed by atoms with Crippen molar-refractivity contribution in [1.82, 2.24) is 0 Å². The van der Waals surface area contributed by atoms with E-state index >= 15 is 0 Å². The standard InChI is InChI=1S/5Ca.25ClH.10H/h;;;;;25*1H;;;;;;;;;;/q5*+2;;;;;;;;;;;;;;;;;;;;;;;;;;10*-1. The minimum absolute atomic E-state index is 0. The molecule has 0 aliphatic carbocycles. The molecule has 0 spiro atoms. The zero-order valence-electron chi connectivity index (χ0n) is 23.7. The predicted molar refractivity (Wildman–Crippen MR) is 221 cm³/mol. The van der Waals surface area contributed by atoms with E-state index in [2.05, 4.69) is 0 Å². The van der Waals surface area contributed by atoms with Crippen molar-refractivity contribution < 1.29 is 14.3 Å². The maximum absolute atomic E-state index is 0. The maximum Gasteiger partial charge on any atom is 2.00 e. The molecule has 0 atom stereocenters. The maximum atomic E-state index is 0. The molecule has 0 bridgehead atoms. The Labute approximate surface area is 501 Å². The van der Waals surface area contributed by atoms with Crippen molar-refractivity contribution in [3.05, 3.63) is 0 Å². The van der Waals surface area contributed by atoms with Gasteiger partial charge in [-0.2, -0.15) is 0 Å². The van der Waals surface area contributed by atoms with Gasteiger partial charge < -0.3 is 14.3 Å². The van der Waals surface area contributed by atoms with Crippen LogP contribution >= 0.6 is 310 Å². The molecule has 0 aromatic carbocycles. The summed E-state index contributed by atoms with van der Waals surface area (Å²) in [5.41, 5.74) is 0. The van der Waals surface area contributed by atoms with Crippen LogP contribution < -0.4 is 0 Å². The molecule has 220 valence electrons. The van der Waals surface area contributed by atoms with E-state index in [1.54, 1.807) is 0 Å². The topological polar surface area (TPSA) is 0 Å². The monoisotopic (exact) mass is 1110 g/mol. The van der Waals surface area contributed by atoms with Gasteiger partial charge in [-0.05, 0) is 0 Å². The fourth-order valence-corrected chi connectivity index (χ4v) is 0. The molecule has 0 saturated heterocycles. The zero-order chi connectivity index (χ0) is 0. The second kappa shape index (κ2) is 400. The first kappa shape index (κ1) is 429. The van der Waals surface area contributed by atoms with E-state index in [1.165, 1.54) is 0 Å². The molecule has 0 fully saturated rings. The Morgan fingerprint density at radius 2 is 0.100 bits per heavy atom. The summed E-state index contributed by atoms with van der Waals surface area (Å²) in [6, 6.07) is 0. The van der Waals surface area contributed by atoms with Crippen LogP contribution in [0.1, 0.15) is 14.3 Å². The van der Waals surface area contributed by atoms with E-state index in [0.717, 1.165) is 0 Å². The summed E-state index contributed by atoms with van der Waals surface area (Å²) in [4.78, 5) is 0. The van der Waals surface area contributed by atoms with Crippen LogP contribution in [0.25, 0.3) is 0 Å². The van der Waals surface area contributed by atoms with Crippen LogP contribution in [0.2, 0.25) is 0 Å². The molecule has 0 aliphatic heterocycles. The molecule has 0 aromatic rings. The summed E-state index contributed by atoms with van der Waals surface area (Å²) in [6.07, 6.45) is 0. The number of rotatable bonds is 0. The average molecular weight is 1120 g/mol. The quantitative estimate of drug-likeness (QED) is 0.212. The van der Waals surface area contributed by atoms with Gasteiger partial charge in [-0.3, -0.25) is 0 Å². The van der Waals surface area contributed by atoms with Gasteiger partial charge in [0.2, 0.25) is 0 Å². The first-order valence-electron chi connectivity index (χ1n) is 0. The fraction of sp³-hybridized carbons (Fsp3) is 0. The Kier molecular flexibility index (Phi) is 5730. The van der Waals surface area contributed by atoms with Gasteiger partial charge in [-0.15, -0.1) is 310 Å². The number of hydrogen-bond donors (Lipinski definition) is 0. The second-order valence-electron chi connectivity index (χ2n) is 0. The summed E-state index contributed by atoms with van der Waals surface area (Å²) in [5, 5.41) is 0. The SMILES string of the molecule is Cl.Cl.Cl.Cl.Cl.Cl.Cl.Cl.Cl.Cl.Cl.Cl.Cl.Cl.Cl.Cl.Cl.Cl.Cl.Cl.Cl.Cl.Cl.Cl.Cl.[Ca+2].[Ca+2].[Ca+2].[Ca+2].[Ca+2].[H-].[H-].[H-].[H-].[H-].[H-].[H-].[H-].[H-].[H-]. The third kappa shape index (κ3) is 372. The minimum atomic E-state index is 0. The van der Waals surface area contributed by atoms with E-state index in [-0.39, 0.29) is 513 Å². The second-order valence-corrected chi connectivity index (χ2v) is 0. The summed E-state index contributed by atoms with van der Waals surface area (Å²) < 4.78 is 0. The smallest absolute Gasteiger partial charge is 1.00 e. The van der Waals surface area contributed by atoms with E-state index < -0.39 is 0 Å². The van der Waals surface area contributed by atoms with Gasteiger partial charge >= 0.3 is 189 Å². The van der Waals surface area contributed by atoms with Gasteiger partial charge in [0.25, 0.3) is 0 Å². The van der Waals surface area contributed by atoms with E-state index in [0.29, 0.717) is 0 Å². The zero-order valence-corrected chi connectivity index (χ0v) is 45.2. The van der Waals surface area contributed by atoms with Crippen molar-refractivity contribution in [3.63, 3.8) is 0 Å². The van der Waals surface area contributed by atoms with Crippen molar-refractivity contribution in [3.8, 4) is 0 Å². The molecule has 0 saturated carbocycles. The van der Waals surface area contributed by atoms with Gasteiger partial charge in [-0.1, -0.05) is 0 Å². The Morgan fingerprint density at radius 3 is 0.100 bits per heavy atom. The third-order valence-corrected chi connectivity index (χ3v) is 0. The average Bonchev–Trinajstić information content (AvgIpc) is 0. The predicted octanol–water partition coefficient (Wildman–Crippen LogP) is 9.77. The molecule has 0 nitrogen and oxygen atoms in total. The van der Waals surface area contributed by atoms with Crippen LogP contribution in [-0.4, -0.2) is 189 Å². The van der Waals surface area contributed by atoms with Crippen LogP contribution in [0.5, 0.6) is 0 Å². The van der Waals surface area contributed by atoms with Crippen molar-refractivity contribution in [2.45, 2.75) is 0 Å². The Morgan fingerprint density at radius 1 is 0.100 bits per heavy atom. The molecule has 30 heteroatoms. The van der Waals surface area contributed by atoms with E-state index in [1.807, 2.05) is 0 Å². The summed E-state index contributed by atoms with van der Waals surface area (Å²) in [5.74, 6) is 0. The van der Waals surface area contributed by atoms with E-state index in [9.17, 15) is 0 Å². The van der Waals surface area contributed by atoms with Gasteiger partial charge in [0.1, 0.15) is 0 Å². The minimum Gasteiger partial charge on any atom is -1.00 e. The summed E-state index contributed by atoms with van der Waals surface area (Å²) in [7, 11) is 0. The summed E-state index contributed by atoms with van der Waals surface area (Å²) >= 11 is 0. The van der Waals surface area contributed by atoms with Crippen LogP contribution in [0, 0.1) is 0 Å². The van der Waals surface area contributed by atoms with Gasteiger partial charge in [0.05, 0.1) is 0 Å². The molecule has 0 amide bonds. The van der Waals surface area contributed by atoms with Crippen molar-refractivity contribution in [2.75, 3.05) is 0 Å². The van der Waals surface area contributed by atoms with Crippen molar-refractivity contribution in [1.29, 1.82) is 0 Å². The third-order valence-electron chi connectivity index (χ3n) is 0. The molecule has 0 unspecified atom stereocenters. The largest absolute Gasteiger partial charge is 2.00 e. The molecule has 0 aliphatic rings. The van der Waals surface area contributed by atoms with Gasteiger partial charge in [0, 0.05) is 0 Å². The Bertz CT molecular complexity index is 52.0. The van der Waals surface area contributed by atoms with Crippen LogP contribution in [0.15, 0.2) is 0 Å². The summed E-state index contributed by atoms with van der Waals surface area (Å²) in [6.45, 7) is 0. The molecular formula is H35Ca5Cl25. The van der Waals surface area contributed by atoms with Crippen molar-refractivity contribution in [2.24, 2.45) is 0 Å². The molecular weight excluding hydrogens is 1090 g/mol. The van der Waals surface area contributed by atoms with Crippen LogP contribution in [0.3, 0.4) is 0 Å². The number of hydrogen-bond acceptors (Lipinski definition) is 0. The van der Waals surface area contributed by atoms with Gasteiger partial charge in [-0.25, -0.2) is 0 Å². The molecule has 0 radical (unpaired) electrons. The molecule has 0 heterocycles. The molecule has 0 N–H and O–H groups in total. The molecule has 30 heavy (non-hydrogen) atoms. The normalized spacial score (nSPS) is 0. The first-order chi connectivity index (χ1) is 0. The van der Waals surface area contributed by atoms with Gasteiger partial charge in [0.15, 0.2) is 0 Å². The molecule has 0 rings (SSSR count). The molecule has 0 aromatic heterocycles.